The zero-order valence-electron chi connectivity index (χ0n) is 12.4. The van der Waals surface area contributed by atoms with Crippen molar-refractivity contribution in [3.8, 4) is 0 Å². The van der Waals surface area contributed by atoms with Crippen LogP contribution in [-0.4, -0.2) is 38.6 Å². The van der Waals surface area contributed by atoms with Crippen LogP contribution in [0.3, 0.4) is 0 Å². The molecule has 6 heteroatoms. The van der Waals surface area contributed by atoms with Crippen LogP contribution in [-0.2, 0) is 15.6 Å². The smallest absolute Gasteiger partial charge is 0.244 e. The highest BCUT2D eigenvalue weighted by Crippen LogP contribution is 2.34. The number of rotatable bonds is 5. The summed E-state index contributed by atoms with van der Waals surface area (Å²) >= 11 is 1.64. The van der Waals surface area contributed by atoms with Gasteiger partial charge in [-0.25, -0.2) is 0 Å². The normalized spacial score (nSPS) is 29.7. The van der Waals surface area contributed by atoms with E-state index in [9.17, 15) is 9.00 Å². The standard InChI is InChI=1S/C14H22N2O2S2/c1-5-14(3)13(17)16(9-10(2)20(4)18)12(15-14)11-7-6-8-19-11/h6-8,10,12,15H,5,9H2,1-4H3. The van der Waals surface area contributed by atoms with Crippen LogP contribution < -0.4 is 5.32 Å². The second kappa shape index (κ2) is 5.95. The van der Waals surface area contributed by atoms with Crippen molar-refractivity contribution >= 4 is 28.0 Å². The molecule has 20 heavy (non-hydrogen) atoms. The van der Waals surface area contributed by atoms with E-state index in [-0.39, 0.29) is 17.3 Å². The van der Waals surface area contributed by atoms with Crippen LogP contribution in [0.5, 0.6) is 0 Å². The van der Waals surface area contributed by atoms with Gasteiger partial charge in [0, 0.05) is 33.7 Å². The van der Waals surface area contributed by atoms with Crippen molar-refractivity contribution in [3.63, 3.8) is 0 Å². The number of thiophene rings is 1. The van der Waals surface area contributed by atoms with E-state index in [1.807, 2.05) is 43.2 Å². The van der Waals surface area contributed by atoms with Crippen LogP contribution in [0.15, 0.2) is 17.5 Å². The second-order valence-corrected chi connectivity index (χ2v) is 8.30. The van der Waals surface area contributed by atoms with E-state index < -0.39 is 16.3 Å². The number of nitrogens with zero attached hydrogens (tertiary/aromatic N) is 1. The summed E-state index contributed by atoms with van der Waals surface area (Å²) in [5.74, 6) is 0.107. The Morgan fingerprint density at radius 3 is 2.80 bits per heavy atom. The van der Waals surface area contributed by atoms with Gasteiger partial charge in [0.15, 0.2) is 0 Å². The summed E-state index contributed by atoms with van der Waals surface area (Å²) < 4.78 is 11.6. The molecule has 1 N–H and O–H groups in total. The molecule has 1 aromatic heterocycles. The molecule has 0 aromatic carbocycles. The zero-order chi connectivity index (χ0) is 14.9. The lowest BCUT2D eigenvalue weighted by atomic mass is 9.99. The van der Waals surface area contributed by atoms with Gasteiger partial charge in [-0.2, -0.15) is 0 Å². The first-order valence-corrected chi connectivity index (χ1v) is 9.33. The quantitative estimate of drug-likeness (QED) is 0.905. The molecule has 0 aliphatic carbocycles. The Bertz CT molecular complexity index is 503. The Labute approximate surface area is 127 Å². The van der Waals surface area contributed by atoms with Gasteiger partial charge in [-0.15, -0.1) is 11.3 Å². The molecule has 4 atom stereocenters. The molecule has 1 amide bonds. The first kappa shape index (κ1) is 15.7. The highest BCUT2D eigenvalue weighted by molar-refractivity contribution is 7.84. The van der Waals surface area contributed by atoms with E-state index >= 15 is 0 Å². The number of hydrogen-bond donors (Lipinski definition) is 1. The number of nitrogens with one attached hydrogen (secondary N) is 1. The van der Waals surface area contributed by atoms with Gasteiger partial charge < -0.3 is 4.90 Å². The Hall–Kier alpha value is -0.720. The molecular weight excluding hydrogens is 292 g/mol. The van der Waals surface area contributed by atoms with Gasteiger partial charge in [0.25, 0.3) is 0 Å². The number of carbonyl (C=O) groups excluding carboxylic acids is 1. The monoisotopic (exact) mass is 314 g/mol. The highest BCUT2D eigenvalue weighted by Gasteiger charge is 2.47. The van der Waals surface area contributed by atoms with Crippen molar-refractivity contribution in [2.45, 2.75) is 44.1 Å². The summed E-state index contributed by atoms with van der Waals surface area (Å²) in [5.41, 5.74) is -0.524. The fourth-order valence-electron chi connectivity index (χ4n) is 2.37. The SMILES string of the molecule is CCC1(C)NC(c2cccs2)N(CC(C)S(C)=O)C1=O. The number of amides is 1. The first-order chi connectivity index (χ1) is 9.39. The third kappa shape index (κ3) is 2.82. The average Bonchev–Trinajstić information content (AvgIpc) is 3.01. The maximum atomic E-state index is 12.7. The number of hydrogen-bond acceptors (Lipinski definition) is 4. The summed E-state index contributed by atoms with van der Waals surface area (Å²) in [6.07, 6.45) is 2.34. The van der Waals surface area contributed by atoms with Crippen LogP contribution in [0.1, 0.15) is 38.2 Å². The highest BCUT2D eigenvalue weighted by atomic mass is 32.2. The van der Waals surface area contributed by atoms with Crippen molar-refractivity contribution in [3.05, 3.63) is 22.4 Å². The molecule has 0 saturated carbocycles. The van der Waals surface area contributed by atoms with Gasteiger partial charge in [-0.05, 0) is 31.7 Å². The molecular formula is C14H22N2O2S2. The third-order valence-electron chi connectivity index (χ3n) is 4.04. The molecule has 1 fully saturated rings. The molecule has 0 radical (unpaired) electrons. The lowest BCUT2D eigenvalue weighted by Crippen LogP contribution is -2.43. The fourth-order valence-corrected chi connectivity index (χ4v) is 3.53. The van der Waals surface area contributed by atoms with Gasteiger partial charge in [0.1, 0.15) is 6.17 Å². The first-order valence-electron chi connectivity index (χ1n) is 6.83. The van der Waals surface area contributed by atoms with Crippen molar-refractivity contribution < 1.29 is 9.00 Å². The summed E-state index contributed by atoms with van der Waals surface area (Å²) in [6, 6.07) is 4.03. The third-order valence-corrected chi connectivity index (χ3v) is 6.25. The lowest BCUT2D eigenvalue weighted by Gasteiger charge is -2.25. The predicted molar refractivity (Wildman–Crippen MR) is 84.1 cm³/mol. The average molecular weight is 314 g/mol. The van der Waals surface area contributed by atoms with Gasteiger partial charge in [0.05, 0.1) is 5.54 Å². The molecule has 0 spiro atoms. The second-order valence-electron chi connectivity index (χ2n) is 5.51. The van der Waals surface area contributed by atoms with Gasteiger partial charge >= 0.3 is 0 Å². The Morgan fingerprint density at radius 2 is 2.30 bits per heavy atom. The minimum atomic E-state index is -0.928. The van der Waals surface area contributed by atoms with Gasteiger partial charge in [-0.1, -0.05) is 13.0 Å². The van der Waals surface area contributed by atoms with Crippen molar-refractivity contribution in [1.29, 1.82) is 0 Å². The maximum Gasteiger partial charge on any atom is 0.244 e. The predicted octanol–water partition coefficient (Wildman–Crippen LogP) is 2.11. The summed E-state index contributed by atoms with van der Waals surface area (Å²) in [7, 11) is -0.928. The van der Waals surface area contributed by atoms with Crippen molar-refractivity contribution in [2.75, 3.05) is 12.8 Å². The molecule has 4 unspecified atom stereocenters. The maximum absolute atomic E-state index is 12.7. The summed E-state index contributed by atoms with van der Waals surface area (Å²) in [5, 5.41) is 5.44. The van der Waals surface area contributed by atoms with E-state index in [4.69, 9.17) is 0 Å². The fraction of sp³-hybridized carbons (Fsp3) is 0.643. The summed E-state index contributed by atoms with van der Waals surface area (Å²) in [6.45, 7) is 6.41. The molecule has 4 nitrogen and oxygen atoms in total. The minimum Gasteiger partial charge on any atom is -0.319 e. The lowest BCUT2D eigenvalue weighted by molar-refractivity contribution is -0.132. The van der Waals surface area contributed by atoms with Crippen molar-refractivity contribution in [1.82, 2.24) is 10.2 Å². The molecule has 1 aliphatic heterocycles. The van der Waals surface area contributed by atoms with E-state index in [1.54, 1.807) is 17.6 Å². The van der Waals surface area contributed by atoms with Crippen LogP contribution in [0.2, 0.25) is 0 Å². The largest absolute Gasteiger partial charge is 0.319 e. The Balaban J connectivity index is 2.28. The molecule has 1 saturated heterocycles. The van der Waals surface area contributed by atoms with Crippen LogP contribution in [0, 0.1) is 0 Å². The molecule has 1 aromatic rings. The van der Waals surface area contributed by atoms with Gasteiger partial charge in [-0.3, -0.25) is 14.3 Å². The Kier molecular flexibility index (Phi) is 4.66. The van der Waals surface area contributed by atoms with E-state index in [1.165, 1.54) is 0 Å². The molecule has 1 aliphatic rings. The van der Waals surface area contributed by atoms with Gasteiger partial charge in [0.2, 0.25) is 5.91 Å². The minimum absolute atomic E-state index is 0.0255. The Morgan fingerprint density at radius 1 is 1.60 bits per heavy atom. The molecule has 0 bridgehead atoms. The topological polar surface area (TPSA) is 49.4 Å². The van der Waals surface area contributed by atoms with Crippen LogP contribution >= 0.6 is 11.3 Å². The van der Waals surface area contributed by atoms with E-state index in [2.05, 4.69) is 5.32 Å². The molecule has 112 valence electrons. The van der Waals surface area contributed by atoms with Crippen molar-refractivity contribution in [2.24, 2.45) is 0 Å². The zero-order valence-corrected chi connectivity index (χ0v) is 14.0. The van der Waals surface area contributed by atoms with Crippen LogP contribution in [0.25, 0.3) is 0 Å². The van der Waals surface area contributed by atoms with Crippen LogP contribution in [0.4, 0.5) is 0 Å². The summed E-state index contributed by atoms with van der Waals surface area (Å²) in [4.78, 5) is 15.7. The van der Waals surface area contributed by atoms with E-state index in [0.717, 1.165) is 11.3 Å². The van der Waals surface area contributed by atoms with E-state index in [0.29, 0.717) is 6.54 Å². The number of carbonyl (C=O) groups is 1. The molecule has 2 rings (SSSR count). The molecule has 2 heterocycles.